The summed E-state index contributed by atoms with van der Waals surface area (Å²) >= 11 is 0. The first kappa shape index (κ1) is 13.7. The molecule has 0 amide bonds. The first-order chi connectivity index (χ1) is 9.32. The summed E-state index contributed by atoms with van der Waals surface area (Å²) in [6.07, 6.45) is 1.19. The Morgan fingerprint density at radius 2 is 1.85 bits per heavy atom. The third-order valence-corrected chi connectivity index (χ3v) is 2.54. The third kappa shape index (κ3) is 2.67. The lowest BCUT2D eigenvalue weighted by Crippen LogP contribution is -2.41. The normalized spacial score (nSPS) is 17.0. The second-order valence-electron chi connectivity index (χ2n) is 4.59. The van der Waals surface area contributed by atoms with Gasteiger partial charge in [0, 0.05) is 13.8 Å². The van der Waals surface area contributed by atoms with Gasteiger partial charge in [0.25, 0.3) is 5.79 Å². The zero-order chi connectivity index (χ0) is 14.9. The van der Waals surface area contributed by atoms with E-state index in [4.69, 9.17) is 14.7 Å². The maximum Gasteiger partial charge on any atom is 0.348 e. The highest BCUT2D eigenvalue weighted by Gasteiger charge is 2.38. The van der Waals surface area contributed by atoms with Gasteiger partial charge in [-0.05, 0) is 23.8 Å². The number of rotatable bonds is 1. The zero-order valence-corrected chi connectivity index (χ0v) is 10.8. The molecule has 0 aromatic heterocycles. The van der Waals surface area contributed by atoms with Crippen LogP contribution in [0.15, 0.2) is 23.8 Å². The number of cyclic esters (lactones) is 2. The van der Waals surface area contributed by atoms with Gasteiger partial charge >= 0.3 is 11.9 Å². The molecule has 0 aliphatic carbocycles. The van der Waals surface area contributed by atoms with Crippen LogP contribution in [0, 0.1) is 17.1 Å². The van der Waals surface area contributed by atoms with Gasteiger partial charge in [-0.1, -0.05) is 6.07 Å². The highest BCUT2D eigenvalue weighted by Crippen LogP contribution is 2.24. The Labute approximate surface area is 114 Å². The van der Waals surface area contributed by atoms with Crippen LogP contribution < -0.4 is 0 Å². The van der Waals surface area contributed by atoms with Gasteiger partial charge in [0.2, 0.25) is 0 Å². The highest BCUT2D eigenvalue weighted by atomic mass is 19.1. The number of nitriles is 1. The van der Waals surface area contributed by atoms with E-state index in [1.165, 1.54) is 32.1 Å². The molecule has 0 unspecified atom stereocenters. The minimum atomic E-state index is -1.31. The van der Waals surface area contributed by atoms with Crippen LogP contribution in [0.2, 0.25) is 0 Å². The molecule has 0 N–H and O–H groups in total. The summed E-state index contributed by atoms with van der Waals surface area (Å²) < 4.78 is 23.0. The molecule has 1 aromatic carbocycles. The van der Waals surface area contributed by atoms with Crippen LogP contribution in [0.4, 0.5) is 4.39 Å². The van der Waals surface area contributed by atoms with Crippen LogP contribution in [0.5, 0.6) is 0 Å². The average Bonchev–Trinajstić information content (AvgIpc) is 2.34. The smallest absolute Gasteiger partial charge is 0.348 e. The van der Waals surface area contributed by atoms with Crippen LogP contribution in [-0.4, -0.2) is 17.7 Å². The van der Waals surface area contributed by atoms with E-state index < -0.39 is 23.5 Å². The summed E-state index contributed by atoms with van der Waals surface area (Å²) in [5.74, 6) is -3.64. The molecule has 20 heavy (non-hydrogen) atoms. The lowest BCUT2D eigenvalue weighted by molar-refractivity contribution is -0.222. The summed E-state index contributed by atoms with van der Waals surface area (Å²) in [5, 5.41) is 8.73. The molecule has 1 aromatic rings. The fraction of sp³-hybridized carbons (Fsp3) is 0.214. The Morgan fingerprint density at radius 3 is 2.40 bits per heavy atom. The standard InChI is InChI=1S/C14H10FNO4/c1-14(2)19-12(17)10(13(18)20-14)6-8-3-4-11(15)9(5-8)7-16/h3-6H,1-2H3. The minimum absolute atomic E-state index is 0.183. The topological polar surface area (TPSA) is 76.4 Å². The molecule has 5 nitrogen and oxygen atoms in total. The van der Waals surface area contributed by atoms with E-state index in [-0.39, 0.29) is 11.1 Å². The minimum Gasteiger partial charge on any atom is -0.419 e. The molecule has 1 aliphatic heterocycles. The quantitative estimate of drug-likeness (QED) is 0.444. The SMILES string of the molecule is CC1(C)OC(=O)C(=Cc2ccc(F)c(C#N)c2)C(=O)O1. The van der Waals surface area contributed by atoms with Gasteiger partial charge in [-0.25, -0.2) is 14.0 Å². The zero-order valence-electron chi connectivity index (χ0n) is 10.8. The maximum atomic E-state index is 13.2. The Balaban J connectivity index is 2.39. The molecular weight excluding hydrogens is 265 g/mol. The number of hydrogen-bond donors (Lipinski definition) is 0. The number of carbonyl (C=O) groups is 2. The number of esters is 2. The van der Waals surface area contributed by atoms with Gasteiger partial charge in [-0.3, -0.25) is 0 Å². The number of nitrogens with zero attached hydrogens (tertiary/aromatic N) is 1. The van der Waals surface area contributed by atoms with Crippen molar-refractivity contribution in [3.05, 3.63) is 40.7 Å². The molecule has 0 bridgehead atoms. The van der Waals surface area contributed by atoms with Crippen molar-refractivity contribution in [3.63, 3.8) is 0 Å². The largest absolute Gasteiger partial charge is 0.419 e. The highest BCUT2D eigenvalue weighted by molar-refractivity contribution is 6.18. The van der Waals surface area contributed by atoms with Crippen molar-refractivity contribution in [3.8, 4) is 6.07 Å². The third-order valence-electron chi connectivity index (χ3n) is 2.54. The molecule has 1 aliphatic rings. The van der Waals surface area contributed by atoms with E-state index in [1.807, 2.05) is 0 Å². The van der Waals surface area contributed by atoms with E-state index >= 15 is 0 Å². The molecule has 0 atom stereocenters. The molecule has 102 valence electrons. The summed E-state index contributed by atoms with van der Waals surface area (Å²) in [6, 6.07) is 5.31. The van der Waals surface area contributed by atoms with E-state index in [1.54, 1.807) is 6.07 Å². The molecule has 0 radical (unpaired) electrons. The lowest BCUT2D eigenvalue weighted by Gasteiger charge is -2.29. The van der Waals surface area contributed by atoms with Crippen molar-refractivity contribution in [1.29, 1.82) is 5.26 Å². The van der Waals surface area contributed by atoms with Gasteiger partial charge in [-0.15, -0.1) is 0 Å². The second-order valence-corrected chi connectivity index (χ2v) is 4.59. The van der Waals surface area contributed by atoms with Crippen molar-refractivity contribution in [2.24, 2.45) is 0 Å². The molecule has 1 saturated heterocycles. The predicted octanol–water partition coefficient (Wildman–Crippen LogP) is 1.92. The van der Waals surface area contributed by atoms with Gasteiger partial charge in [-0.2, -0.15) is 5.26 Å². The van der Waals surface area contributed by atoms with Crippen LogP contribution in [0.1, 0.15) is 25.0 Å². The Bertz CT molecular complexity index is 648. The number of halogens is 1. The van der Waals surface area contributed by atoms with Crippen LogP contribution in [0.3, 0.4) is 0 Å². The Hall–Kier alpha value is -2.68. The molecule has 1 fully saturated rings. The second kappa shape index (κ2) is 4.78. The fourth-order valence-corrected chi connectivity index (χ4v) is 1.66. The maximum absolute atomic E-state index is 13.2. The van der Waals surface area contributed by atoms with Crippen LogP contribution in [0.25, 0.3) is 6.08 Å². The molecular formula is C14H10FNO4. The Kier molecular flexibility index (Phi) is 3.28. The van der Waals surface area contributed by atoms with Crippen molar-refractivity contribution in [1.82, 2.24) is 0 Å². The number of ether oxygens (including phenoxy) is 2. The van der Waals surface area contributed by atoms with Crippen molar-refractivity contribution in [2.45, 2.75) is 19.6 Å². The van der Waals surface area contributed by atoms with Crippen molar-refractivity contribution < 1.29 is 23.5 Å². The number of carbonyl (C=O) groups excluding carboxylic acids is 2. The van der Waals surface area contributed by atoms with E-state index in [2.05, 4.69) is 0 Å². The average molecular weight is 275 g/mol. The van der Waals surface area contributed by atoms with E-state index in [9.17, 15) is 14.0 Å². The predicted molar refractivity (Wildman–Crippen MR) is 65.4 cm³/mol. The van der Waals surface area contributed by atoms with Crippen molar-refractivity contribution >= 4 is 18.0 Å². The molecule has 2 rings (SSSR count). The molecule has 0 saturated carbocycles. The van der Waals surface area contributed by atoms with Crippen molar-refractivity contribution in [2.75, 3.05) is 0 Å². The number of benzene rings is 1. The number of hydrogen-bond acceptors (Lipinski definition) is 5. The monoisotopic (exact) mass is 275 g/mol. The van der Waals surface area contributed by atoms with Gasteiger partial charge in [0.05, 0.1) is 5.56 Å². The molecule has 6 heteroatoms. The summed E-state index contributed by atoms with van der Waals surface area (Å²) in [6.45, 7) is 2.87. The Morgan fingerprint density at radius 1 is 1.25 bits per heavy atom. The molecule has 0 spiro atoms. The first-order valence-corrected chi connectivity index (χ1v) is 5.70. The van der Waals surface area contributed by atoms with Gasteiger partial charge in [0.1, 0.15) is 17.5 Å². The molecule has 1 heterocycles. The fourth-order valence-electron chi connectivity index (χ4n) is 1.66. The van der Waals surface area contributed by atoms with Gasteiger partial charge in [0.15, 0.2) is 0 Å². The summed E-state index contributed by atoms with van der Waals surface area (Å²) in [5.41, 5.74) is -0.163. The van der Waals surface area contributed by atoms with Crippen LogP contribution >= 0.6 is 0 Å². The van der Waals surface area contributed by atoms with Gasteiger partial charge < -0.3 is 9.47 Å². The van der Waals surface area contributed by atoms with E-state index in [0.717, 1.165) is 6.07 Å². The van der Waals surface area contributed by atoms with Crippen LogP contribution in [-0.2, 0) is 19.1 Å². The lowest BCUT2D eigenvalue weighted by atomic mass is 10.1. The van der Waals surface area contributed by atoms with E-state index in [0.29, 0.717) is 5.56 Å². The summed E-state index contributed by atoms with van der Waals surface area (Å²) in [4.78, 5) is 23.4. The first-order valence-electron chi connectivity index (χ1n) is 5.70. The summed E-state index contributed by atoms with van der Waals surface area (Å²) in [7, 11) is 0.